The van der Waals surface area contributed by atoms with Crippen LogP contribution in [-0.4, -0.2) is 7.05 Å². The summed E-state index contributed by atoms with van der Waals surface area (Å²) in [4.78, 5) is 1.71. The molecule has 0 atom stereocenters. The largest absolute Gasteiger partial charge is 0.395 e. The van der Waals surface area contributed by atoms with Crippen LogP contribution < -0.4 is 10.6 Å². The van der Waals surface area contributed by atoms with Gasteiger partial charge in [-0.1, -0.05) is 28.1 Å². The average molecular weight is 327 g/mol. The predicted molar refractivity (Wildman–Crippen MR) is 77.0 cm³/mol. The van der Waals surface area contributed by atoms with E-state index in [1.165, 1.54) is 6.07 Å². The van der Waals surface area contributed by atoms with E-state index in [0.29, 0.717) is 12.2 Å². The van der Waals surface area contributed by atoms with Crippen molar-refractivity contribution in [2.45, 2.75) is 6.54 Å². The lowest BCUT2D eigenvalue weighted by Crippen LogP contribution is -2.18. The highest BCUT2D eigenvalue weighted by Crippen LogP contribution is 2.27. The van der Waals surface area contributed by atoms with Crippen molar-refractivity contribution in [1.29, 1.82) is 0 Å². The lowest BCUT2D eigenvalue weighted by molar-refractivity contribution is 0.585. The summed E-state index contributed by atoms with van der Waals surface area (Å²) in [6, 6.07) is 9.72. The van der Waals surface area contributed by atoms with Gasteiger partial charge in [-0.2, -0.15) is 0 Å². The Kier molecular flexibility index (Phi) is 4.04. The molecular weight excluding hydrogens is 314 g/mol. The molecule has 2 aromatic rings. The van der Waals surface area contributed by atoms with Gasteiger partial charge in [0.15, 0.2) is 5.82 Å². The first-order chi connectivity index (χ1) is 8.97. The van der Waals surface area contributed by atoms with Gasteiger partial charge >= 0.3 is 0 Å². The summed E-state index contributed by atoms with van der Waals surface area (Å²) in [5, 5.41) is 0. The Hall–Kier alpha value is -1.62. The second-order valence-electron chi connectivity index (χ2n) is 4.31. The number of halogens is 3. The molecule has 0 aliphatic heterocycles. The first-order valence-corrected chi connectivity index (χ1v) is 6.47. The molecule has 0 heterocycles. The molecule has 2 N–H and O–H groups in total. The zero-order valence-corrected chi connectivity index (χ0v) is 11.9. The number of hydrogen-bond acceptors (Lipinski definition) is 2. The van der Waals surface area contributed by atoms with Gasteiger partial charge in [0.05, 0.1) is 11.4 Å². The van der Waals surface area contributed by atoms with Crippen LogP contribution in [0.4, 0.5) is 20.2 Å². The first kappa shape index (κ1) is 13.8. The van der Waals surface area contributed by atoms with E-state index in [2.05, 4.69) is 15.9 Å². The van der Waals surface area contributed by atoms with E-state index in [-0.39, 0.29) is 5.69 Å². The molecule has 0 amide bonds. The predicted octanol–water partition coefficient (Wildman–Crippen LogP) is 3.95. The smallest absolute Gasteiger partial charge is 0.151 e. The first-order valence-electron chi connectivity index (χ1n) is 5.67. The van der Waals surface area contributed by atoms with Gasteiger partial charge in [0.25, 0.3) is 0 Å². The summed E-state index contributed by atoms with van der Waals surface area (Å²) in [5.74, 6) is -1.38. The van der Waals surface area contributed by atoms with Crippen LogP contribution in [0.2, 0.25) is 0 Å². The maximum absolute atomic E-state index is 13.4. The molecule has 100 valence electrons. The summed E-state index contributed by atoms with van der Waals surface area (Å²) >= 11 is 3.38. The maximum atomic E-state index is 13.4. The van der Waals surface area contributed by atoms with Gasteiger partial charge in [-0.25, -0.2) is 8.78 Å². The molecule has 0 unspecified atom stereocenters. The van der Waals surface area contributed by atoms with Crippen molar-refractivity contribution in [3.8, 4) is 0 Å². The molecule has 2 nitrogen and oxygen atoms in total. The monoisotopic (exact) mass is 326 g/mol. The highest BCUT2D eigenvalue weighted by molar-refractivity contribution is 9.10. The molecule has 2 aromatic carbocycles. The minimum Gasteiger partial charge on any atom is -0.395 e. The Balaban J connectivity index is 2.27. The van der Waals surface area contributed by atoms with Gasteiger partial charge in [0, 0.05) is 24.1 Å². The van der Waals surface area contributed by atoms with Crippen LogP contribution in [-0.2, 0) is 6.54 Å². The fourth-order valence-electron chi connectivity index (χ4n) is 1.88. The zero-order valence-electron chi connectivity index (χ0n) is 10.3. The zero-order chi connectivity index (χ0) is 14.0. The Bertz CT molecular complexity index is 602. The summed E-state index contributed by atoms with van der Waals surface area (Å²) in [6.45, 7) is 0.506. The molecular formula is C14H13BrF2N2. The molecule has 19 heavy (non-hydrogen) atoms. The maximum Gasteiger partial charge on any atom is 0.151 e. The standard InChI is InChI=1S/C14H13BrF2N2/c1-19(8-9-3-2-4-10(15)5-9)13-7-11(16)6-12(17)14(13)18/h2-7H,8,18H2,1H3. The van der Waals surface area contributed by atoms with Gasteiger partial charge in [0.1, 0.15) is 5.82 Å². The molecule has 0 aromatic heterocycles. The Labute approximate surface area is 119 Å². The fraction of sp³-hybridized carbons (Fsp3) is 0.143. The molecule has 0 radical (unpaired) electrons. The van der Waals surface area contributed by atoms with Gasteiger partial charge in [-0.15, -0.1) is 0 Å². The van der Waals surface area contributed by atoms with Gasteiger partial charge < -0.3 is 10.6 Å². The number of nitrogen functional groups attached to an aromatic ring is 1. The molecule has 0 aliphatic rings. The van der Waals surface area contributed by atoms with Crippen LogP contribution in [0.5, 0.6) is 0 Å². The second kappa shape index (κ2) is 5.57. The molecule has 0 fully saturated rings. The fourth-order valence-corrected chi connectivity index (χ4v) is 2.33. The molecule has 2 rings (SSSR count). The quantitative estimate of drug-likeness (QED) is 0.865. The lowest BCUT2D eigenvalue weighted by Gasteiger charge is -2.21. The number of nitrogens with zero attached hydrogens (tertiary/aromatic N) is 1. The third-order valence-corrected chi connectivity index (χ3v) is 3.29. The SMILES string of the molecule is CN(Cc1cccc(Br)c1)c1cc(F)cc(F)c1N. The molecule has 0 saturated heterocycles. The molecule has 5 heteroatoms. The van der Waals surface area contributed by atoms with Crippen LogP contribution in [0.15, 0.2) is 40.9 Å². The number of anilines is 2. The van der Waals surface area contributed by atoms with Gasteiger partial charge in [-0.3, -0.25) is 0 Å². The number of nitrogens with two attached hydrogens (primary N) is 1. The average Bonchev–Trinajstić information content (AvgIpc) is 2.33. The van der Waals surface area contributed by atoms with Crippen LogP contribution in [0.3, 0.4) is 0 Å². The highest BCUT2D eigenvalue weighted by atomic mass is 79.9. The van der Waals surface area contributed by atoms with E-state index in [1.807, 2.05) is 24.3 Å². The number of rotatable bonds is 3. The Morgan fingerprint density at radius 2 is 1.95 bits per heavy atom. The van der Waals surface area contributed by atoms with E-state index < -0.39 is 11.6 Å². The second-order valence-corrected chi connectivity index (χ2v) is 5.22. The van der Waals surface area contributed by atoms with Crippen LogP contribution >= 0.6 is 15.9 Å². The molecule has 0 spiro atoms. The minimum atomic E-state index is -0.740. The molecule has 0 saturated carbocycles. The van der Waals surface area contributed by atoms with E-state index in [9.17, 15) is 8.78 Å². The highest BCUT2D eigenvalue weighted by Gasteiger charge is 2.12. The van der Waals surface area contributed by atoms with E-state index in [1.54, 1.807) is 11.9 Å². The van der Waals surface area contributed by atoms with Crippen molar-refractivity contribution >= 4 is 27.3 Å². The third kappa shape index (κ3) is 3.23. The molecule has 0 bridgehead atoms. The van der Waals surface area contributed by atoms with Crippen molar-refractivity contribution in [3.05, 3.63) is 58.1 Å². The van der Waals surface area contributed by atoms with Crippen molar-refractivity contribution in [1.82, 2.24) is 0 Å². The molecule has 0 aliphatic carbocycles. The summed E-state index contributed by atoms with van der Waals surface area (Å²) in [7, 11) is 1.74. The van der Waals surface area contributed by atoms with Crippen LogP contribution in [0.25, 0.3) is 0 Å². The van der Waals surface area contributed by atoms with Crippen molar-refractivity contribution in [3.63, 3.8) is 0 Å². The van der Waals surface area contributed by atoms with Gasteiger partial charge in [0.2, 0.25) is 0 Å². The number of benzene rings is 2. The van der Waals surface area contributed by atoms with Crippen molar-refractivity contribution in [2.24, 2.45) is 0 Å². The van der Waals surface area contributed by atoms with E-state index in [4.69, 9.17) is 5.73 Å². The Morgan fingerprint density at radius 3 is 2.63 bits per heavy atom. The third-order valence-electron chi connectivity index (χ3n) is 2.79. The van der Waals surface area contributed by atoms with Crippen molar-refractivity contribution < 1.29 is 8.78 Å². The van der Waals surface area contributed by atoms with Crippen LogP contribution in [0.1, 0.15) is 5.56 Å². The van der Waals surface area contributed by atoms with Crippen molar-refractivity contribution in [2.75, 3.05) is 17.7 Å². The normalized spacial score (nSPS) is 10.5. The summed E-state index contributed by atoms with van der Waals surface area (Å²) < 4.78 is 27.6. The number of hydrogen-bond donors (Lipinski definition) is 1. The summed E-state index contributed by atoms with van der Waals surface area (Å²) in [6.07, 6.45) is 0. The van der Waals surface area contributed by atoms with Crippen LogP contribution in [0, 0.1) is 11.6 Å². The van der Waals surface area contributed by atoms with E-state index >= 15 is 0 Å². The minimum absolute atomic E-state index is 0.0427. The Morgan fingerprint density at radius 1 is 1.21 bits per heavy atom. The topological polar surface area (TPSA) is 29.3 Å². The van der Waals surface area contributed by atoms with Gasteiger partial charge in [-0.05, 0) is 23.8 Å². The summed E-state index contributed by atoms with van der Waals surface area (Å²) in [5.41, 5.74) is 6.96. The van der Waals surface area contributed by atoms with E-state index in [0.717, 1.165) is 16.1 Å². The lowest BCUT2D eigenvalue weighted by atomic mass is 10.2.